The standard InChI is InChI=1S/C13H16Br2O/c1-9(2)11(8-14)6-10-7-12(16-3)4-5-13(10)15/h4-7,9H,8H2,1-3H3/b11-6-. The smallest absolute Gasteiger partial charge is 0.119 e. The van der Waals surface area contributed by atoms with Crippen molar-refractivity contribution >= 4 is 37.9 Å². The van der Waals surface area contributed by atoms with E-state index in [1.54, 1.807) is 7.11 Å². The minimum Gasteiger partial charge on any atom is -0.497 e. The fraction of sp³-hybridized carbons (Fsp3) is 0.385. The normalized spacial score (nSPS) is 12.0. The van der Waals surface area contributed by atoms with Crippen LogP contribution in [-0.2, 0) is 0 Å². The Labute approximate surface area is 114 Å². The van der Waals surface area contributed by atoms with Gasteiger partial charge in [0.05, 0.1) is 7.11 Å². The molecule has 0 radical (unpaired) electrons. The summed E-state index contributed by atoms with van der Waals surface area (Å²) < 4.78 is 6.31. The Morgan fingerprint density at radius 1 is 1.44 bits per heavy atom. The number of rotatable bonds is 4. The second kappa shape index (κ2) is 6.45. The fourth-order valence-corrected chi connectivity index (χ4v) is 2.49. The highest BCUT2D eigenvalue weighted by atomic mass is 79.9. The predicted molar refractivity (Wildman–Crippen MR) is 77.3 cm³/mol. The highest BCUT2D eigenvalue weighted by molar-refractivity contribution is 9.10. The Bertz CT molecular complexity index is 384. The molecular formula is C13H16Br2O. The molecule has 0 unspecified atom stereocenters. The van der Waals surface area contributed by atoms with Gasteiger partial charge < -0.3 is 4.74 Å². The van der Waals surface area contributed by atoms with E-state index in [0.29, 0.717) is 5.92 Å². The Balaban J connectivity index is 3.11. The summed E-state index contributed by atoms with van der Waals surface area (Å²) >= 11 is 7.07. The third-order valence-corrected chi connectivity index (χ3v) is 3.81. The van der Waals surface area contributed by atoms with Crippen molar-refractivity contribution < 1.29 is 4.74 Å². The molecule has 0 bridgehead atoms. The van der Waals surface area contributed by atoms with Crippen LogP contribution in [0, 0.1) is 5.92 Å². The van der Waals surface area contributed by atoms with Gasteiger partial charge in [0.15, 0.2) is 0 Å². The van der Waals surface area contributed by atoms with E-state index >= 15 is 0 Å². The zero-order valence-electron chi connectivity index (χ0n) is 9.76. The van der Waals surface area contributed by atoms with Crippen LogP contribution in [0.15, 0.2) is 28.2 Å². The molecule has 0 aliphatic carbocycles. The molecule has 0 N–H and O–H groups in total. The lowest BCUT2D eigenvalue weighted by molar-refractivity contribution is 0.414. The van der Waals surface area contributed by atoms with Crippen molar-refractivity contribution in [3.05, 3.63) is 33.8 Å². The second-order valence-electron chi connectivity index (χ2n) is 3.90. The van der Waals surface area contributed by atoms with Gasteiger partial charge in [-0.2, -0.15) is 0 Å². The van der Waals surface area contributed by atoms with Crippen LogP contribution in [0.5, 0.6) is 5.75 Å². The van der Waals surface area contributed by atoms with Crippen molar-refractivity contribution in [3.8, 4) is 5.75 Å². The van der Waals surface area contributed by atoms with Crippen LogP contribution in [-0.4, -0.2) is 12.4 Å². The molecular weight excluding hydrogens is 332 g/mol. The molecule has 0 saturated heterocycles. The highest BCUT2D eigenvalue weighted by Crippen LogP contribution is 2.26. The first-order chi connectivity index (χ1) is 7.58. The summed E-state index contributed by atoms with van der Waals surface area (Å²) in [6.07, 6.45) is 2.20. The van der Waals surface area contributed by atoms with E-state index in [2.05, 4.69) is 51.8 Å². The Morgan fingerprint density at radius 2 is 2.12 bits per heavy atom. The van der Waals surface area contributed by atoms with Crippen molar-refractivity contribution in [3.63, 3.8) is 0 Å². The Kier molecular flexibility index (Phi) is 5.56. The van der Waals surface area contributed by atoms with Gasteiger partial charge in [0.2, 0.25) is 0 Å². The van der Waals surface area contributed by atoms with E-state index in [1.165, 1.54) is 5.57 Å². The van der Waals surface area contributed by atoms with Crippen molar-refractivity contribution in [2.24, 2.45) is 5.92 Å². The number of ether oxygens (including phenoxy) is 1. The maximum atomic E-state index is 5.22. The number of hydrogen-bond acceptors (Lipinski definition) is 1. The summed E-state index contributed by atoms with van der Waals surface area (Å²) in [5.74, 6) is 1.42. The molecule has 16 heavy (non-hydrogen) atoms. The van der Waals surface area contributed by atoms with Crippen molar-refractivity contribution in [2.75, 3.05) is 12.4 Å². The maximum Gasteiger partial charge on any atom is 0.119 e. The Hall–Kier alpha value is -0.280. The first-order valence-electron chi connectivity index (χ1n) is 5.18. The molecule has 0 aliphatic heterocycles. The first-order valence-corrected chi connectivity index (χ1v) is 7.10. The van der Waals surface area contributed by atoms with Gasteiger partial charge in [-0.3, -0.25) is 0 Å². The number of allylic oxidation sites excluding steroid dienone is 1. The molecule has 0 spiro atoms. The summed E-state index contributed by atoms with van der Waals surface area (Å²) in [6, 6.07) is 6.00. The lowest BCUT2D eigenvalue weighted by Gasteiger charge is -2.09. The summed E-state index contributed by atoms with van der Waals surface area (Å²) in [7, 11) is 1.69. The highest BCUT2D eigenvalue weighted by Gasteiger charge is 2.04. The predicted octanol–water partition coefficient (Wildman–Crippen LogP) is 4.89. The summed E-state index contributed by atoms with van der Waals surface area (Å²) in [5, 5.41) is 0.897. The SMILES string of the molecule is COc1ccc(Br)c(/C=C(/CBr)C(C)C)c1. The summed E-state index contributed by atoms with van der Waals surface area (Å²) in [6.45, 7) is 4.39. The van der Waals surface area contributed by atoms with Gasteiger partial charge in [-0.15, -0.1) is 0 Å². The van der Waals surface area contributed by atoms with Gasteiger partial charge in [-0.05, 0) is 29.7 Å². The summed E-state index contributed by atoms with van der Waals surface area (Å²) in [5.41, 5.74) is 2.52. The monoisotopic (exact) mass is 346 g/mol. The van der Waals surface area contributed by atoms with E-state index in [9.17, 15) is 0 Å². The van der Waals surface area contributed by atoms with E-state index in [-0.39, 0.29) is 0 Å². The van der Waals surface area contributed by atoms with Crippen molar-refractivity contribution in [1.82, 2.24) is 0 Å². The molecule has 0 amide bonds. The second-order valence-corrected chi connectivity index (χ2v) is 5.31. The third kappa shape index (κ3) is 3.63. The summed E-state index contributed by atoms with van der Waals surface area (Å²) in [4.78, 5) is 0. The number of hydrogen-bond donors (Lipinski definition) is 0. The van der Waals surface area contributed by atoms with Crippen LogP contribution in [0.2, 0.25) is 0 Å². The molecule has 0 fully saturated rings. The van der Waals surface area contributed by atoms with Crippen LogP contribution in [0.4, 0.5) is 0 Å². The van der Waals surface area contributed by atoms with Crippen LogP contribution >= 0.6 is 31.9 Å². The molecule has 1 rings (SSSR count). The van der Waals surface area contributed by atoms with Crippen LogP contribution in [0.3, 0.4) is 0 Å². The number of methoxy groups -OCH3 is 1. The molecule has 0 heterocycles. The lowest BCUT2D eigenvalue weighted by Crippen LogP contribution is -1.95. The lowest BCUT2D eigenvalue weighted by atomic mass is 10.0. The van der Waals surface area contributed by atoms with E-state index in [1.807, 2.05) is 18.2 Å². The Morgan fingerprint density at radius 3 is 2.62 bits per heavy atom. The maximum absolute atomic E-state index is 5.22. The molecule has 0 atom stereocenters. The topological polar surface area (TPSA) is 9.23 Å². The van der Waals surface area contributed by atoms with Gasteiger partial charge >= 0.3 is 0 Å². The molecule has 88 valence electrons. The third-order valence-electron chi connectivity index (χ3n) is 2.44. The molecule has 1 nitrogen and oxygen atoms in total. The van der Waals surface area contributed by atoms with Crippen molar-refractivity contribution in [1.29, 1.82) is 0 Å². The fourth-order valence-electron chi connectivity index (χ4n) is 1.32. The average Bonchev–Trinajstić information content (AvgIpc) is 2.27. The van der Waals surface area contributed by atoms with Crippen molar-refractivity contribution in [2.45, 2.75) is 13.8 Å². The van der Waals surface area contributed by atoms with Gasteiger partial charge in [0.1, 0.15) is 5.75 Å². The van der Waals surface area contributed by atoms with E-state index in [4.69, 9.17) is 4.74 Å². The molecule has 3 heteroatoms. The van der Waals surface area contributed by atoms with Gasteiger partial charge in [0.25, 0.3) is 0 Å². The molecule has 0 saturated carbocycles. The minimum atomic E-state index is 0.539. The number of benzene rings is 1. The molecule has 1 aromatic rings. The zero-order valence-corrected chi connectivity index (χ0v) is 12.9. The van der Waals surface area contributed by atoms with Crippen LogP contribution < -0.4 is 4.74 Å². The first kappa shape index (κ1) is 13.8. The molecule has 0 aliphatic rings. The van der Waals surface area contributed by atoms with Gasteiger partial charge in [-0.25, -0.2) is 0 Å². The van der Waals surface area contributed by atoms with Gasteiger partial charge in [-0.1, -0.05) is 57.4 Å². The van der Waals surface area contributed by atoms with E-state index < -0.39 is 0 Å². The number of alkyl halides is 1. The van der Waals surface area contributed by atoms with Crippen LogP contribution in [0.1, 0.15) is 19.4 Å². The largest absolute Gasteiger partial charge is 0.497 e. The molecule has 1 aromatic carbocycles. The van der Waals surface area contributed by atoms with Gasteiger partial charge in [0, 0.05) is 9.80 Å². The zero-order chi connectivity index (χ0) is 12.1. The minimum absolute atomic E-state index is 0.539. The number of halogens is 2. The molecule has 0 aromatic heterocycles. The van der Waals surface area contributed by atoms with Crippen LogP contribution in [0.25, 0.3) is 6.08 Å². The van der Waals surface area contributed by atoms with E-state index in [0.717, 1.165) is 21.1 Å². The average molecular weight is 348 g/mol. The quantitative estimate of drug-likeness (QED) is 0.704.